The minimum absolute atomic E-state index is 0.621. The molecule has 110 valence electrons. The van der Waals surface area contributed by atoms with Crippen molar-refractivity contribution >= 4 is 5.69 Å². The number of hydrogen-bond donors (Lipinski definition) is 1. The van der Waals surface area contributed by atoms with Crippen LogP contribution in [0.15, 0.2) is 30.3 Å². The van der Waals surface area contributed by atoms with Crippen LogP contribution in [0.25, 0.3) is 0 Å². The summed E-state index contributed by atoms with van der Waals surface area (Å²) in [5, 5.41) is 3.31. The first kappa shape index (κ1) is 13.9. The highest BCUT2D eigenvalue weighted by Gasteiger charge is 2.25. The number of anilines is 1. The third-order valence-corrected chi connectivity index (χ3v) is 4.12. The van der Waals surface area contributed by atoms with Crippen LogP contribution < -0.4 is 10.1 Å². The number of benzene rings is 2. The molecule has 1 N–H and O–H groups in total. The molecule has 1 unspecified atom stereocenters. The third-order valence-electron chi connectivity index (χ3n) is 4.12. The lowest BCUT2D eigenvalue weighted by molar-refractivity contribution is 0.363. The van der Waals surface area contributed by atoms with Crippen LogP contribution in [0.4, 0.5) is 10.1 Å². The van der Waals surface area contributed by atoms with Crippen molar-refractivity contribution in [1.29, 1.82) is 0 Å². The van der Waals surface area contributed by atoms with E-state index in [0.717, 1.165) is 29.8 Å². The standard InChI is InChI=1S/C18H20FNO/c1-11-9-12(2)16(15(10-11)21-3)17(19)14-6-4-5-13-7-8-20-18(13)14/h4-6,9-10,17,20H,7-8H2,1-3H3. The summed E-state index contributed by atoms with van der Waals surface area (Å²) < 4.78 is 20.7. The Morgan fingerprint density at radius 2 is 2.05 bits per heavy atom. The molecule has 0 saturated carbocycles. The van der Waals surface area contributed by atoms with E-state index < -0.39 is 6.17 Å². The van der Waals surface area contributed by atoms with Crippen molar-refractivity contribution in [2.24, 2.45) is 0 Å². The zero-order chi connectivity index (χ0) is 15.0. The predicted molar refractivity (Wildman–Crippen MR) is 84.1 cm³/mol. The quantitative estimate of drug-likeness (QED) is 0.905. The summed E-state index contributed by atoms with van der Waals surface area (Å²) in [6.07, 6.45) is -0.221. The van der Waals surface area contributed by atoms with Crippen molar-refractivity contribution in [2.45, 2.75) is 26.4 Å². The molecule has 0 amide bonds. The van der Waals surface area contributed by atoms with Crippen molar-refractivity contribution in [2.75, 3.05) is 19.0 Å². The molecule has 0 radical (unpaired) electrons. The van der Waals surface area contributed by atoms with Crippen LogP contribution in [0.3, 0.4) is 0 Å². The van der Waals surface area contributed by atoms with E-state index in [1.807, 2.05) is 38.1 Å². The largest absolute Gasteiger partial charge is 0.496 e. The van der Waals surface area contributed by atoms with Gasteiger partial charge in [0, 0.05) is 23.4 Å². The molecule has 3 heteroatoms. The van der Waals surface area contributed by atoms with Gasteiger partial charge < -0.3 is 10.1 Å². The van der Waals surface area contributed by atoms with Gasteiger partial charge in [0.1, 0.15) is 5.75 Å². The molecule has 0 saturated heterocycles. The van der Waals surface area contributed by atoms with Crippen molar-refractivity contribution in [3.05, 3.63) is 58.1 Å². The van der Waals surface area contributed by atoms with Gasteiger partial charge in [0.2, 0.25) is 0 Å². The van der Waals surface area contributed by atoms with Gasteiger partial charge in [-0.25, -0.2) is 4.39 Å². The first-order valence-electron chi connectivity index (χ1n) is 7.26. The molecule has 21 heavy (non-hydrogen) atoms. The molecular formula is C18H20FNO. The molecule has 0 spiro atoms. The molecule has 1 aliphatic rings. The van der Waals surface area contributed by atoms with Gasteiger partial charge in [-0.3, -0.25) is 0 Å². The van der Waals surface area contributed by atoms with E-state index in [1.54, 1.807) is 7.11 Å². The van der Waals surface area contributed by atoms with E-state index in [4.69, 9.17) is 4.74 Å². The average molecular weight is 285 g/mol. The monoisotopic (exact) mass is 285 g/mol. The maximum atomic E-state index is 15.2. The van der Waals surface area contributed by atoms with Gasteiger partial charge in [-0.15, -0.1) is 0 Å². The van der Waals surface area contributed by atoms with E-state index in [-0.39, 0.29) is 0 Å². The molecule has 3 rings (SSSR count). The molecular weight excluding hydrogens is 265 g/mol. The fourth-order valence-electron chi connectivity index (χ4n) is 3.17. The van der Waals surface area contributed by atoms with Crippen LogP contribution in [0.2, 0.25) is 0 Å². The van der Waals surface area contributed by atoms with Gasteiger partial charge in [0.05, 0.1) is 7.11 Å². The lowest BCUT2D eigenvalue weighted by Gasteiger charge is -2.19. The predicted octanol–water partition coefficient (Wildman–Crippen LogP) is 4.34. The van der Waals surface area contributed by atoms with Gasteiger partial charge in [0.25, 0.3) is 0 Å². The molecule has 1 aliphatic heterocycles. The minimum atomic E-state index is -1.18. The maximum absolute atomic E-state index is 15.2. The fourth-order valence-corrected chi connectivity index (χ4v) is 3.17. The Bertz CT molecular complexity index is 681. The lowest BCUT2D eigenvalue weighted by Crippen LogP contribution is -2.04. The van der Waals surface area contributed by atoms with Gasteiger partial charge in [-0.05, 0) is 43.0 Å². The van der Waals surface area contributed by atoms with Crippen LogP contribution in [-0.2, 0) is 6.42 Å². The lowest BCUT2D eigenvalue weighted by atomic mass is 9.94. The van der Waals surface area contributed by atoms with E-state index in [1.165, 1.54) is 5.56 Å². The van der Waals surface area contributed by atoms with Crippen LogP contribution in [0.1, 0.15) is 34.0 Å². The topological polar surface area (TPSA) is 21.3 Å². The minimum Gasteiger partial charge on any atom is -0.496 e. The summed E-state index contributed by atoms with van der Waals surface area (Å²) in [7, 11) is 1.60. The Labute approximate surface area is 125 Å². The first-order valence-corrected chi connectivity index (χ1v) is 7.26. The Hall–Kier alpha value is -2.03. The number of fused-ring (bicyclic) bond motifs is 1. The summed E-state index contributed by atoms with van der Waals surface area (Å²) in [6.45, 7) is 4.81. The number of hydrogen-bond acceptors (Lipinski definition) is 2. The second kappa shape index (κ2) is 5.40. The molecule has 1 heterocycles. The zero-order valence-corrected chi connectivity index (χ0v) is 12.7. The second-order valence-electron chi connectivity index (χ2n) is 5.62. The Morgan fingerprint density at radius 1 is 1.24 bits per heavy atom. The second-order valence-corrected chi connectivity index (χ2v) is 5.62. The molecule has 2 aromatic carbocycles. The van der Waals surface area contributed by atoms with Crippen molar-refractivity contribution in [3.63, 3.8) is 0 Å². The number of halogens is 1. The third kappa shape index (κ3) is 2.37. The Balaban J connectivity index is 2.12. The van der Waals surface area contributed by atoms with Gasteiger partial charge >= 0.3 is 0 Å². The molecule has 0 aromatic heterocycles. The SMILES string of the molecule is COc1cc(C)cc(C)c1C(F)c1cccc2c1NCC2. The smallest absolute Gasteiger partial charge is 0.156 e. The highest BCUT2D eigenvalue weighted by molar-refractivity contribution is 5.64. The summed E-state index contributed by atoms with van der Waals surface area (Å²) in [5.41, 5.74) is 5.48. The number of para-hydroxylation sites is 1. The summed E-state index contributed by atoms with van der Waals surface area (Å²) in [4.78, 5) is 0. The molecule has 0 fully saturated rings. The highest BCUT2D eigenvalue weighted by atomic mass is 19.1. The number of methoxy groups -OCH3 is 1. The highest BCUT2D eigenvalue weighted by Crippen LogP contribution is 2.41. The van der Waals surface area contributed by atoms with Crippen LogP contribution in [-0.4, -0.2) is 13.7 Å². The van der Waals surface area contributed by atoms with Crippen molar-refractivity contribution < 1.29 is 9.13 Å². The average Bonchev–Trinajstić information content (AvgIpc) is 2.94. The van der Waals surface area contributed by atoms with E-state index in [2.05, 4.69) is 11.4 Å². The van der Waals surface area contributed by atoms with E-state index >= 15 is 4.39 Å². The molecule has 1 atom stereocenters. The van der Waals surface area contributed by atoms with E-state index in [9.17, 15) is 0 Å². The summed E-state index contributed by atoms with van der Waals surface area (Å²) >= 11 is 0. The number of rotatable bonds is 3. The summed E-state index contributed by atoms with van der Waals surface area (Å²) in [6, 6.07) is 9.75. The molecule has 2 aromatic rings. The molecule has 2 nitrogen and oxygen atoms in total. The zero-order valence-electron chi connectivity index (χ0n) is 12.7. The molecule has 0 bridgehead atoms. The molecule has 0 aliphatic carbocycles. The number of aryl methyl sites for hydroxylation is 2. The van der Waals surface area contributed by atoms with Crippen LogP contribution in [0.5, 0.6) is 5.75 Å². The maximum Gasteiger partial charge on any atom is 0.156 e. The Kier molecular flexibility index (Phi) is 3.58. The first-order chi connectivity index (χ1) is 10.1. The van der Waals surface area contributed by atoms with Crippen molar-refractivity contribution in [3.8, 4) is 5.75 Å². The van der Waals surface area contributed by atoms with Crippen molar-refractivity contribution in [1.82, 2.24) is 0 Å². The van der Waals surface area contributed by atoms with Gasteiger partial charge in [0.15, 0.2) is 6.17 Å². The number of ether oxygens (including phenoxy) is 1. The normalized spacial score (nSPS) is 14.5. The number of nitrogens with one attached hydrogen (secondary N) is 1. The summed E-state index contributed by atoms with van der Waals surface area (Å²) in [5.74, 6) is 0.621. The number of alkyl halides is 1. The van der Waals surface area contributed by atoms with Gasteiger partial charge in [-0.2, -0.15) is 0 Å². The Morgan fingerprint density at radius 3 is 2.81 bits per heavy atom. The van der Waals surface area contributed by atoms with Gasteiger partial charge in [-0.1, -0.05) is 24.3 Å². The fraction of sp³-hybridized carbons (Fsp3) is 0.333. The van der Waals surface area contributed by atoms with Crippen LogP contribution >= 0.6 is 0 Å². The van der Waals surface area contributed by atoms with Crippen LogP contribution in [0, 0.1) is 13.8 Å². The van der Waals surface area contributed by atoms with E-state index in [0.29, 0.717) is 16.9 Å².